The van der Waals surface area contributed by atoms with Gasteiger partial charge in [0.25, 0.3) is 0 Å². The molecule has 4 heterocycles. The quantitative estimate of drug-likeness (QED) is 0.799. The van der Waals surface area contributed by atoms with Gasteiger partial charge < -0.3 is 18.9 Å². The maximum Gasteiger partial charge on any atom is 0.248 e. The van der Waals surface area contributed by atoms with Crippen LogP contribution in [0.15, 0.2) is 10.6 Å². The molecule has 1 aromatic rings. The van der Waals surface area contributed by atoms with E-state index < -0.39 is 0 Å². The maximum atomic E-state index is 12.1. The van der Waals surface area contributed by atoms with E-state index in [9.17, 15) is 4.79 Å². The van der Waals surface area contributed by atoms with E-state index in [1.165, 1.54) is 0 Å². The van der Waals surface area contributed by atoms with E-state index in [0.717, 1.165) is 69.9 Å². The highest BCUT2D eigenvalue weighted by Crippen LogP contribution is 2.36. The van der Waals surface area contributed by atoms with E-state index in [2.05, 4.69) is 10.1 Å². The van der Waals surface area contributed by atoms with Crippen molar-refractivity contribution in [2.24, 2.45) is 0 Å². The third-order valence-electron chi connectivity index (χ3n) is 5.43. The van der Waals surface area contributed by atoms with Crippen LogP contribution >= 0.6 is 0 Å². The molecular weight excluding hydrogens is 322 g/mol. The highest BCUT2D eigenvalue weighted by molar-refractivity contribution is 5.77. The van der Waals surface area contributed by atoms with Gasteiger partial charge in [0.2, 0.25) is 5.91 Å². The first-order chi connectivity index (χ1) is 12.1. The Morgan fingerprint density at radius 1 is 1.40 bits per heavy atom. The first-order valence-corrected chi connectivity index (χ1v) is 9.30. The van der Waals surface area contributed by atoms with Gasteiger partial charge in [-0.2, -0.15) is 0 Å². The third kappa shape index (κ3) is 3.88. The number of aryl methyl sites for hydroxylation is 1. The average molecular weight is 349 g/mol. The second-order valence-corrected chi connectivity index (χ2v) is 7.62. The van der Waals surface area contributed by atoms with Gasteiger partial charge in [-0.25, -0.2) is 0 Å². The fourth-order valence-electron chi connectivity index (χ4n) is 4.19. The Labute approximate surface area is 148 Å². The standard InChI is InChI=1S/C18H27N3O4/c1-14-8-15(19-25-14)10-20-12-18(13-20)9-16(4-7-24-18)23-11-17(22)21-5-2-3-6-21/h8,16H,2-7,9-13H2,1H3/t16-/m0/s1. The molecule has 0 N–H and O–H groups in total. The number of hydrogen-bond donors (Lipinski definition) is 0. The molecule has 0 bridgehead atoms. The summed E-state index contributed by atoms with van der Waals surface area (Å²) >= 11 is 0. The zero-order valence-corrected chi connectivity index (χ0v) is 14.9. The summed E-state index contributed by atoms with van der Waals surface area (Å²) in [6.45, 7) is 7.16. The molecule has 1 aromatic heterocycles. The molecule has 25 heavy (non-hydrogen) atoms. The number of hydrogen-bond acceptors (Lipinski definition) is 6. The van der Waals surface area contributed by atoms with Crippen molar-refractivity contribution in [3.05, 3.63) is 17.5 Å². The van der Waals surface area contributed by atoms with Crippen molar-refractivity contribution in [1.82, 2.24) is 15.0 Å². The van der Waals surface area contributed by atoms with Crippen LogP contribution in [0.3, 0.4) is 0 Å². The average Bonchev–Trinajstić information content (AvgIpc) is 3.23. The van der Waals surface area contributed by atoms with Crippen LogP contribution in [0.5, 0.6) is 0 Å². The van der Waals surface area contributed by atoms with Crippen LogP contribution in [0.4, 0.5) is 0 Å². The molecule has 0 unspecified atom stereocenters. The molecule has 3 fully saturated rings. The lowest BCUT2D eigenvalue weighted by Crippen LogP contribution is -2.65. The molecule has 3 saturated heterocycles. The van der Waals surface area contributed by atoms with Gasteiger partial charge in [0.15, 0.2) is 0 Å². The Morgan fingerprint density at radius 3 is 2.92 bits per heavy atom. The number of nitrogens with zero attached hydrogens (tertiary/aromatic N) is 3. The predicted octanol–water partition coefficient (Wildman–Crippen LogP) is 1.36. The van der Waals surface area contributed by atoms with E-state index in [4.69, 9.17) is 14.0 Å². The fraction of sp³-hybridized carbons (Fsp3) is 0.778. The Balaban J connectivity index is 1.22. The van der Waals surface area contributed by atoms with Gasteiger partial charge in [-0.3, -0.25) is 9.69 Å². The van der Waals surface area contributed by atoms with E-state index in [0.29, 0.717) is 6.61 Å². The molecule has 3 aliphatic heterocycles. The number of likely N-dealkylation sites (tertiary alicyclic amines) is 2. The normalized spacial score (nSPS) is 26.1. The van der Waals surface area contributed by atoms with E-state index in [1.807, 2.05) is 17.9 Å². The van der Waals surface area contributed by atoms with E-state index >= 15 is 0 Å². The summed E-state index contributed by atoms with van der Waals surface area (Å²) in [4.78, 5) is 16.4. The van der Waals surface area contributed by atoms with Gasteiger partial charge in [0, 0.05) is 51.8 Å². The van der Waals surface area contributed by atoms with Crippen molar-refractivity contribution < 1.29 is 18.8 Å². The first-order valence-electron chi connectivity index (χ1n) is 9.30. The van der Waals surface area contributed by atoms with Crippen molar-refractivity contribution in [3.8, 4) is 0 Å². The van der Waals surface area contributed by atoms with Gasteiger partial charge in [-0.15, -0.1) is 0 Å². The zero-order valence-electron chi connectivity index (χ0n) is 14.9. The summed E-state index contributed by atoms with van der Waals surface area (Å²) < 4.78 is 17.1. The Bertz CT molecular complexity index is 605. The Hall–Kier alpha value is -1.44. The van der Waals surface area contributed by atoms with Crippen molar-refractivity contribution >= 4 is 5.91 Å². The number of ether oxygens (including phenoxy) is 2. The van der Waals surface area contributed by atoms with E-state index in [-0.39, 0.29) is 24.2 Å². The molecule has 138 valence electrons. The van der Waals surface area contributed by atoms with Crippen LogP contribution in [-0.2, 0) is 20.8 Å². The minimum absolute atomic E-state index is 0.113. The summed E-state index contributed by atoms with van der Waals surface area (Å²) in [5.41, 5.74) is 0.852. The monoisotopic (exact) mass is 349 g/mol. The molecule has 0 radical (unpaired) electrons. The summed E-state index contributed by atoms with van der Waals surface area (Å²) in [5.74, 6) is 0.977. The molecule has 0 aliphatic carbocycles. The Morgan fingerprint density at radius 2 is 2.20 bits per heavy atom. The predicted molar refractivity (Wildman–Crippen MR) is 90.0 cm³/mol. The minimum Gasteiger partial charge on any atom is -0.372 e. The van der Waals surface area contributed by atoms with Crippen LogP contribution in [0.25, 0.3) is 0 Å². The summed E-state index contributed by atoms with van der Waals surface area (Å²) in [7, 11) is 0. The molecule has 0 saturated carbocycles. The minimum atomic E-state index is -0.113. The third-order valence-corrected chi connectivity index (χ3v) is 5.43. The number of carbonyl (C=O) groups excluding carboxylic acids is 1. The largest absolute Gasteiger partial charge is 0.372 e. The number of aromatic nitrogens is 1. The molecular formula is C18H27N3O4. The zero-order chi connectivity index (χ0) is 17.3. The smallest absolute Gasteiger partial charge is 0.248 e. The molecule has 4 rings (SSSR count). The van der Waals surface area contributed by atoms with Gasteiger partial charge >= 0.3 is 0 Å². The molecule has 7 heteroatoms. The van der Waals surface area contributed by atoms with Crippen LogP contribution in [-0.4, -0.2) is 72.0 Å². The van der Waals surface area contributed by atoms with Crippen molar-refractivity contribution in [3.63, 3.8) is 0 Å². The van der Waals surface area contributed by atoms with Crippen LogP contribution in [0, 0.1) is 6.92 Å². The maximum absolute atomic E-state index is 12.1. The molecule has 1 atom stereocenters. The number of rotatable bonds is 5. The Kier molecular flexibility index (Phi) is 4.80. The fourth-order valence-corrected chi connectivity index (χ4v) is 4.19. The molecule has 0 aromatic carbocycles. The summed E-state index contributed by atoms with van der Waals surface area (Å²) in [6, 6.07) is 1.97. The van der Waals surface area contributed by atoms with Crippen LogP contribution in [0.1, 0.15) is 37.1 Å². The van der Waals surface area contributed by atoms with Crippen molar-refractivity contribution in [2.75, 3.05) is 39.4 Å². The van der Waals surface area contributed by atoms with Crippen molar-refractivity contribution in [2.45, 2.75) is 50.9 Å². The second-order valence-electron chi connectivity index (χ2n) is 7.62. The highest BCUT2D eigenvalue weighted by atomic mass is 16.5. The van der Waals surface area contributed by atoms with Gasteiger partial charge in [0.05, 0.1) is 17.4 Å². The van der Waals surface area contributed by atoms with Crippen LogP contribution < -0.4 is 0 Å². The van der Waals surface area contributed by atoms with Crippen molar-refractivity contribution in [1.29, 1.82) is 0 Å². The molecule has 7 nitrogen and oxygen atoms in total. The topological polar surface area (TPSA) is 68.0 Å². The van der Waals surface area contributed by atoms with Gasteiger partial charge in [0.1, 0.15) is 12.4 Å². The SMILES string of the molecule is Cc1cc(CN2CC3(C[C@@H](OCC(=O)N4CCCC4)CCO3)C2)no1. The molecule has 1 spiro atoms. The highest BCUT2D eigenvalue weighted by Gasteiger charge is 2.48. The second kappa shape index (κ2) is 7.05. The lowest BCUT2D eigenvalue weighted by Gasteiger charge is -2.53. The van der Waals surface area contributed by atoms with Crippen LogP contribution in [0.2, 0.25) is 0 Å². The molecule has 3 aliphatic rings. The lowest BCUT2D eigenvalue weighted by molar-refractivity contribution is -0.200. The summed E-state index contributed by atoms with van der Waals surface area (Å²) in [6.07, 6.45) is 4.10. The van der Waals surface area contributed by atoms with Gasteiger partial charge in [-0.05, 0) is 26.2 Å². The number of amides is 1. The summed E-state index contributed by atoms with van der Waals surface area (Å²) in [5, 5.41) is 4.05. The van der Waals surface area contributed by atoms with Gasteiger partial charge in [-0.1, -0.05) is 5.16 Å². The molecule has 1 amide bonds. The lowest BCUT2D eigenvalue weighted by atomic mass is 9.84. The number of carbonyl (C=O) groups is 1. The first kappa shape index (κ1) is 17.0. The van der Waals surface area contributed by atoms with E-state index in [1.54, 1.807) is 0 Å².